The molecule has 0 bridgehead atoms. The van der Waals surface area contributed by atoms with Gasteiger partial charge in [0, 0.05) is 13.1 Å². The highest BCUT2D eigenvalue weighted by atomic mass is 32.1. The van der Waals surface area contributed by atoms with E-state index < -0.39 is 6.10 Å². The predicted molar refractivity (Wildman–Crippen MR) is 96.2 cm³/mol. The Balaban J connectivity index is 1.45. The Morgan fingerprint density at radius 2 is 1.88 bits per heavy atom. The first kappa shape index (κ1) is 16.4. The van der Waals surface area contributed by atoms with Crippen molar-refractivity contribution >= 4 is 21.6 Å². The number of nitrogen functional groups attached to an aromatic ring is 1. The molecule has 8 heteroatoms. The van der Waals surface area contributed by atoms with Crippen molar-refractivity contribution < 1.29 is 14.6 Å². The first-order valence-electron chi connectivity index (χ1n) is 8.45. The summed E-state index contributed by atoms with van der Waals surface area (Å²) in [5, 5.41) is 20.0. The van der Waals surface area contributed by atoms with Gasteiger partial charge in [-0.25, -0.2) is 0 Å². The van der Waals surface area contributed by atoms with Gasteiger partial charge in [0.1, 0.15) is 6.10 Å². The molecule has 134 valence electrons. The van der Waals surface area contributed by atoms with Crippen molar-refractivity contribution in [3.8, 4) is 11.5 Å². The van der Waals surface area contributed by atoms with Gasteiger partial charge in [0.25, 0.3) is 0 Å². The Kier molecular flexibility index (Phi) is 4.39. The monoisotopic (exact) mass is 362 g/mol. The number of para-hydroxylation sites is 2. The number of methoxy groups -OCH3 is 1. The van der Waals surface area contributed by atoms with Crippen LogP contribution in [0.1, 0.15) is 12.8 Å². The van der Waals surface area contributed by atoms with Crippen LogP contribution in [0.15, 0.2) is 24.3 Å². The number of aromatic nitrogens is 2. The number of benzene rings is 1. The van der Waals surface area contributed by atoms with E-state index in [-0.39, 0.29) is 6.10 Å². The minimum atomic E-state index is -0.481. The molecule has 0 radical (unpaired) electrons. The van der Waals surface area contributed by atoms with E-state index in [9.17, 15) is 5.11 Å². The quantitative estimate of drug-likeness (QED) is 0.856. The standard InChI is InChI=1S/C17H22N4O3S/c1-23-13-4-2-3-5-14(13)24-15-7-11-9-21(8-10(11)6-12(15)22)17-20-19-16(18)25-17/h2-5,10-12,15,22H,6-9H2,1H3,(H2,18,19)/t10-,11+,12+,15+/m0/s1. The number of aliphatic hydroxyl groups is 1. The molecule has 2 aliphatic rings. The fourth-order valence-corrected chi connectivity index (χ4v) is 4.54. The van der Waals surface area contributed by atoms with Crippen molar-refractivity contribution in [2.75, 3.05) is 30.8 Å². The minimum absolute atomic E-state index is 0.225. The molecule has 2 aromatic rings. The van der Waals surface area contributed by atoms with Crippen molar-refractivity contribution in [1.82, 2.24) is 10.2 Å². The largest absolute Gasteiger partial charge is 0.493 e. The molecule has 2 fully saturated rings. The van der Waals surface area contributed by atoms with Crippen molar-refractivity contribution in [2.24, 2.45) is 11.8 Å². The van der Waals surface area contributed by atoms with E-state index in [0.29, 0.717) is 28.5 Å². The number of nitrogens with two attached hydrogens (primary N) is 1. The van der Waals surface area contributed by atoms with Crippen LogP contribution in [0.2, 0.25) is 0 Å². The molecule has 1 aromatic carbocycles. The Labute approximate surface area is 150 Å². The van der Waals surface area contributed by atoms with E-state index in [1.807, 2.05) is 24.3 Å². The van der Waals surface area contributed by atoms with Crippen molar-refractivity contribution in [1.29, 1.82) is 0 Å². The zero-order valence-electron chi connectivity index (χ0n) is 14.0. The second-order valence-corrected chi connectivity index (χ2v) is 7.68. The molecular formula is C17H22N4O3S. The second kappa shape index (κ2) is 6.68. The molecule has 7 nitrogen and oxygen atoms in total. The highest BCUT2D eigenvalue weighted by Gasteiger charge is 2.43. The van der Waals surface area contributed by atoms with Crippen LogP contribution in [0, 0.1) is 11.8 Å². The van der Waals surface area contributed by atoms with Crippen LogP contribution in [0.4, 0.5) is 10.3 Å². The van der Waals surface area contributed by atoms with Gasteiger partial charge in [0.2, 0.25) is 10.3 Å². The van der Waals surface area contributed by atoms with E-state index in [4.69, 9.17) is 15.2 Å². The summed E-state index contributed by atoms with van der Waals surface area (Å²) in [6, 6.07) is 7.56. The van der Waals surface area contributed by atoms with Crippen LogP contribution in [-0.4, -0.2) is 47.7 Å². The molecule has 2 heterocycles. The van der Waals surface area contributed by atoms with Crippen LogP contribution in [0.3, 0.4) is 0 Å². The molecular weight excluding hydrogens is 340 g/mol. The molecule has 1 aliphatic carbocycles. The average molecular weight is 362 g/mol. The van der Waals surface area contributed by atoms with E-state index in [1.165, 1.54) is 11.3 Å². The van der Waals surface area contributed by atoms with E-state index >= 15 is 0 Å². The first-order valence-corrected chi connectivity index (χ1v) is 9.27. The highest BCUT2D eigenvalue weighted by molar-refractivity contribution is 7.18. The molecule has 1 aliphatic heterocycles. The summed E-state index contributed by atoms with van der Waals surface area (Å²) in [4.78, 5) is 2.22. The third-order valence-corrected chi connectivity index (χ3v) is 5.95. The SMILES string of the molecule is COc1ccccc1O[C@@H]1C[C@@H]2CN(c3nnc(N)s3)C[C@@H]2C[C@H]1O. The third kappa shape index (κ3) is 3.23. The maximum absolute atomic E-state index is 10.6. The van der Waals surface area contributed by atoms with Gasteiger partial charge in [-0.05, 0) is 36.8 Å². The molecule has 0 spiro atoms. The fraction of sp³-hybridized carbons (Fsp3) is 0.529. The Morgan fingerprint density at radius 1 is 1.16 bits per heavy atom. The Morgan fingerprint density at radius 3 is 2.56 bits per heavy atom. The lowest BCUT2D eigenvalue weighted by Crippen LogP contribution is -2.42. The number of nitrogens with zero attached hydrogens (tertiary/aromatic N) is 3. The van der Waals surface area contributed by atoms with E-state index in [1.54, 1.807) is 7.11 Å². The van der Waals surface area contributed by atoms with Gasteiger partial charge in [-0.15, -0.1) is 10.2 Å². The van der Waals surface area contributed by atoms with Crippen LogP contribution in [0.5, 0.6) is 11.5 Å². The molecule has 25 heavy (non-hydrogen) atoms. The molecule has 3 N–H and O–H groups in total. The summed E-state index contributed by atoms with van der Waals surface area (Å²) < 4.78 is 11.4. The summed E-state index contributed by atoms with van der Waals surface area (Å²) in [5.74, 6) is 2.28. The van der Waals surface area contributed by atoms with Crippen LogP contribution in [0.25, 0.3) is 0 Å². The minimum Gasteiger partial charge on any atom is -0.493 e. The Bertz CT molecular complexity index is 740. The molecule has 4 rings (SSSR count). The maximum Gasteiger partial charge on any atom is 0.210 e. The summed E-state index contributed by atoms with van der Waals surface area (Å²) in [6.07, 6.45) is 0.840. The van der Waals surface area contributed by atoms with Crippen LogP contribution < -0.4 is 20.1 Å². The molecule has 0 amide bonds. The normalized spacial score (nSPS) is 28.6. The molecule has 4 atom stereocenters. The zero-order valence-corrected chi connectivity index (χ0v) is 14.9. The van der Waals surface area contributed by atoms with Gasteiger partial charge >= 0.3 is 0 Å². The molecule has 1 saturated carbocycles. The number of ether oxygens (including phenoxy) is 2. The average Bonchev–Trinajstić information content (AvgIpc) is 3.21. The highest BCUT2D eigenvalue weighted by Crippen LogP contribution is 2.41. The molecule has 1 aromatic heterocycles. The topological polar surface area (TPSA) is 93.7 Å². The number of hydrogen-bond donors (Lipinski definition) is 2. The first-order chi connectivity index (χ1) is 12.1. The zero-order chi connectivity index (χ0) is 17.4. The number of anilines is 2. The summed E-state index contributed by atoms with van der Waals surface area (Å²) >= 11 is 1.41. The number of aliphatic hydroxyl groups excluding tert-OH is 1. The van der Waals surface area contributed by atoms with E-state index in [2.05, 4.69) is 15.1 Å². The lowest BCUT2D eigenvalue weighted by Gasteiger charge is -2.35. The molecule has 1 saturated heterocycles. The van der Waals surface area contributed by atoms with Crippen molar-refractivity contribution in [2.45, 2.75) is 25.0 Å². The summed E-state index contributed by atoms with van der Waals surface area (Å²) in [5.41, 5.74) is 5.70. The summed E-state index contributed by atoms with van der Waals surface area (Å²) in [6.45, 7) is 1.79. The smallest absolute Gasteiger partial charge is 0.210 e. The predicted octanol–water partition coefficient (Wildman–Crippen LogP) is 1.78. The fourth-order valence-electron chi connectivity index (χ4n) is 3.91. The number of fused-ring (bicyclic) bond motifs is 1. The van der Waals surface area contributed by atoms with Gasteiger partial charge in [0.05, 0.1) is 13.2 Å². The van der Waals surface area contributed by atoms with Gasteiger partial charge in [-0.2, -0.15) is 0 Å². The van der Waals surface area contributed by atoms with Crippen molar-refractivity contribution in [3.63, 3.8) is 0 Å². The number of rotatable bonds is 4. The van der Waals surface area contributed by atoms with Gasteiger partial charge in [0.15, 0.2) is 11.5 Å². The van der Waals surface area contributed by atoms with Gasteiger partial charge < -0.3 is 25.2 Å². The van der Waals surface area contributed by atoms with Crippen molar-refractivity contribution in [3.05, 3.63) is 24.3 Å². The Hall–Kier alpha value is -2.06. The lowest BCUT2D eigenvalue weighted by molar-refractivity contribution is -0.0240. The van der Waals surface area contributed by atoms with Crippen LogP contribution >= 0.6 is 11.3 Å². The van der Waals surface area contributed by atoms with Gasteiger partial charge in [-0.1, -0.05) is 23.5 Å². The summed E-state index contributed by atoms with van der Waals surface area (Å²) in [7, 11) is 1.62. The lowest BCUT2D eigenvalue weighted by atomic mass is 9.78. The molecule has 0 unspecified atom stereocenters. The number of hydrogen-bond acceptors (Lipinski definition) is 8. The van der Waals surface area contributed by atoms with Gasteiger partial charge in [-0.3, -0.25) is 0 Å². The third-order valence-electron chi connectivity index (χ3n) is 5.13. The maximum atomic E-state index is 10.6. The van der Waals surface area contributed by atoms with E-state index in [0.717, 1.165) is 31.1 Å². The second-order valence-electron chi connectivity index (χ2n) is 6.69. The van der Waals surface area contributed by atoms with Crippen LogP contribution in [-0.2, 0) is 0 Å².